The van der Waals surface area contributed by atoms with Crippen LogP contribution in [-0.2, 0) is 0 Å². The lowest BCUT2D eigenvalue weighted by molar-refractivity contribution is -0.621. The summed E-state index contributed by atoms with van der Waals surface area (Å²) in [5, 5.41) is 15.7. The minimum atomic E-state index is -0.232. The fourth-order valence-corrected chi connectivity index (χ4v) is 8.98. The zero-order chi connectivity index (χ0) is 37.9. The molecule has 0 spiro atoms. The number of aromatic nitrogens is 1. The molecule has 1 aliphatic rings. The van der Waals surface area contributed by atoms with E-state index in [4.69, 9.17) is 4.98 Å². The van der Waals surface area contributed by atoms with Crippen LogP contribution in [0.5, 0.6) is 0 Å². The molecule has 1 aromatic heterocycles. The molecule has 2 atom stereocenters. The predicted octanol–water partition coefficient (Wildman–Crippen LogP) is 12.3. The molecule has 0 saturated heterocycles. The molecule has 0 amide bonds. The van der Waals surface area contributed by atoms with Gasteiger partial charge < -0.3 is 0 Å². The van der Waals surface area contributed by atoms with Crippen LogP contribution in [-0.4, -0.2) is 4.98 Å². The van der Waals surface area contributed by atoms with Crippen molar-refractivity contribution < 1.29 is 9.71 Å². The molecular weight excluding hydrogens is 698 g/mol. The van der Waals surface area contributed by atoms with Crippen molar-refractivity contribution in [3.8, 4) is 22.4 Å². The number of hydrogen-bond donors (Lipinski definition) is 2. The van der Waals surface area contributed by atoms with Crippen LogP contribution in [0, 0.1) is 5.82 Å². The Morgan fingerprint density at radius 2 is 1.05 bits per heavy atom. The van der Waals surface area contributed by atoms with Crippen LogP contribution in [0.2, 0.25) is 0 Å². The van der Waals surface area contributed by atoms with Crippen molar-refractivity contribution in [1.82, 2.24) is 10.3 Å². The standard InChI is InChI=1S/C53H36FN3/c54-46-30-29-44(40-19-7-10-20-41(40)46)52-51-43-22-12-9-18-39(43)38-17-8-11-21-42(38)50(51)45-28-27-37(31-49(45)55-52)33-23-25-36(26-24-33)53-56-47(34-13-3-1-4-14-34)32-48(57-53)35-15-5-2-6-16-35/h1-32,47,53,56-57H/p+1. The third-order valence-electron chi connectivity index (χ3n) is 11.7. The molecule has 1 aliphatic heterocycles. The van der Waals surface area contributed by atoms with Crippen molar-refractivity contribution in [1.29, 1.82) is 0 Å². The van der Waals surface area contributed by atoms with E-state index in [1.165, 1.54) is 38.5 Å². The molecule has 9 aromatic carbocycles. The summed E-state index contributed by atoms with van der Waals surface area (Å²) < 4.78 is 15.3. The van der Waals surface area contributed by atoms with Crippen molar-refractivity contribution in [2.24, 2.45) is 0 Å². The van der Waals surface area contributed by atoms with Crippen LogP contribution in [0.25, 0.3) is 82.1 Å². The highest BCUT2D eigenvalue weighted by molar-refractivity contribution is 6.34. The Kier molecular flexibility index (Phi) is 7.99. The second-order valence-electron chi connectivity index (χ2n) is 15.0. The van der Waals surface area contributed by atoms with Crippen LogP contribution < -0.4 is 10.6 Å². The van der Waals surface area contributed by atoms with Gasteiger partial charge in [-0.05, 0) is 80.0 Å². The number of halogens is 1. The molecule has 0 bridgehead atoms. The van der Waals surface area contributed by atoms with Gasteiger partial charge in [0, 0.05) is 38.2 Å². The quantitative estimate of drug-likeness (QED) is 0.173. The molecule has 10 aromatic rings. The number of nitrogens with zero attached hydrogens (tertiary/aromatic N) is 1. The predicted molar refractivity (Wildman–Crippen MR) is 234 cm³/mol. The molecule has 3 nitrogen and oxygen atoms in total. The van der Waals surface area contributed by atoms with Crippen LogP contribution >= 0.6 is 0 Å². The molecule has 3 N–H and O–H groups in total. The zero-order valence-corrected chi connectivity index (χ0v) is 31.0. The molecule has 2 unspecified atom stereocenters. The molecule has 0 radical (unpaired) electrons. The molecule has 270 valence electrons. The van der Waals surface area contributed by atoms with Gasteiger partial charge in [-0.25, -0.2) is 9.37 Å². The van der Waals surface area contributed by atoms with E-state index in [2.05, 4.69) is 168 Å². The number of quaternary nitrogens is 1. The molecule has 0 saturated carbocycles. The van der Waals surface area contributed by atoms with E-state index in [9.17, 15) is 0 Å². The Bertz CT molecular complexity index is 3190. The number of fused-ring (bicyclic) bond motifs is 9. The van der Waals surface area contributed by atoms with Gasteiger partial charge in [-0.1, -0.05) is 158 Å². The SMILES string of the molecule is Fc1ccc(-c2nc3cc(-c4ccc(C5NC(c6ccccc6)C=C(c6ccccc6)[NH2+]5)cc4)ccc3c3c4ccccc4c4ccccc4c23)c2ccccc12. The van der Waals surface area contributed by atoms with Crippen LogP contribution in [0.15, 0.2) is 194 Å². The highest BCUT2D eigenvalue weighted by Gasteiger charge is 2.28. The van der Waals surface area contributed by atoms with Gasteiger partial charge in [0.1, 0.15) is 11.5 Å². The second-order valence-corrected chi connectivity index (χ2v) is 15.0. The topological polar surface area (TPSA) is 41.5 Å². The third kappa shape index (κ3) is 5.69. The minimum Gasteiger partial charge on any atom is -0.295 e. The Morgan fingerprint density at radius 3 is 1.77 bits per heavy atom. The highest BCUT2D eigenvalue weighted by Crippen LogP contribution is 2.44. The summed E-state index contributed by atoms with van der Waals surface area (Å²) in [5.41, 5.74) is 9.78. The average molecular weight is 735 g/mol. The first-order valence-electron chi connectivity index (χ1n) is 19.6. The summed E-state index contributed by atoms with van der Waals surface area (Å²) in [7, 11) is 0. The van der Waals surface area contributed by atoms with E-state index in [-0.39, 0.29) is 18.0 Å². The van der Waals surface area contributed by atoms with E-state index in [0.717, 1.165) is 54.8 Å². The van der Waals surface area contributed by atoms with Crippen LogP contribution in [0.1, 0.15) is 28.9 Å². The van der Waals surface area contributed by atoms with Crippen LogP contribution in [0.3, 0.4) is 0 Å². The van der Waals surface area contributed by atoms with E-state index in [0.29, 0.717) is 5.39 Å². The van der Waals surface area contributed by atoms with E-state index < -0.39 is 0 Å². The summed E-state index contributed by atoms with van der Waals surface area (Å²) in [6.45, 7) is 0. The van der Waals surface area contributed by atoms with Gasteiger partial charge in [-0.3, -0.25) is 10.6 Å². The van der Waals surface area contributed by atoms with Gasteiger partial charge >= 0.3 is 0 Å². The number of pyridine rings is 1. The van der Waals surface area contributed by atoms with Gasteiger partial charge in [-0.2, -0.15) is 0 Å². The average Bonchev–Trinajstić information content (AvgIpc) is 3.29. The van der Waals surface area contributed by atoms with E-state index in [1.807, 2.05) is 30.3 Å². The maximum Gasteiger partial charge on any atom is 0.171 e. The van der Waals surface area contributed by atoms with Crippen molar-refractivity contribution in [2.45, 2.75) is 12.2 Å². The van der Waals surface area contributed by atoms with Gasteiger partial charge in [0.05, 0.1) is 17.3 Å². The van der Waals surface area contributed by atoms with Crippen molar-refractivity contribution in [3.63, 3.8) is 0 Å². The van der Waals surface area contributed by atoms with Gasteiger partial charge in [0.25, 0.3) is 0 Å². The zero-order valence-electron chi connectivity index (χ0n) is 31.0. The number of nitrogens with two attached hydrogens (primary N) is 1. The van der Waals surface area contributed by atoms with Crippen molar-refractivity contribution in [2.75, 3.05) is 0 Å². The van der Waals surface area contributed by atoms with Crippen molar-refractivity contribution >= 4 is 59.7 Å². The Hall–Kier alpha value is -6.98. The highest BCUT2D eigenvalue weighted by atomic mass is 19.1. The molecule has 11 rings (SSSR count). The largest absolute Gasteiger partial charge is 0.295 e. The van der Waals surface area contributed by atoms with Crippen LogP contribution in [0.4, 0.5) is 4.39 Å². The molecule has 57 heavy (non-hydrogen) atoms. The maximum absolute atomic E-state index is 15.3. The Balaban J connectivity index is 1.06. The summed E-state index contributed by atoms with van der Waals surface area (Å²) in [6.07, 6.45) is 2.36. The lowest BCUT2D eigenvalue weighted by Crippen LogP contribution is -2.87. The van der Waals surface area contributed by atoms with E-state index in [1.54, 1.807) is 6.07 Å². The lowest BCUT2D eigenvalue weighted by atomic mass is 9.88. The monoisotopic (exact) mass is 734 g/mol. The maximum atomic E-state index is 15.3. The third-order valence-corrected chi connectivity index (χ3v) is 11.7. The van der Waals surface area contributed by atoms with Crippen molar-refractivity contribution in [3.05, 3.63) is 217 Å². The molecule has 2 heterocycles. The minimum absolute atomic E-state index is 0.0327. The lowest BCUT2D eigenvalue weighted by Gasteiger charge is -2.29. The fourth-order valence-electron chi connectivity index (χ4n) is 8.98. The summed E-state index contributed by atoms with van der Waals surface area (Å²) in [5.74, 6) is -0.232. The molecular formula is C53H37FN3+. The first-order valence-corrected chi connectivity index (χ1v) is 19.6. The Labute approximate surface area is 329 Å². The molecule has 0 aliphatic carbocycles. The first-order chi connectivity index (χ1) is 28.2. The van der Waals surface area contributed by atoms with Gasteiger partial charge in [-0.15, -0.1) is 0 Å². The fraction of sp³-hybridized carbons (Fsp3) is 0.0377. The summed E-state index contributed by atoms with van der Waals surface area (Å²) in [6, 6.07) is 65.4. The summed E-state index contributed by atoms with van der Waals surface area (Å²) in [4.78, 5) is 5.52. The smallest absolute Gasteiger partial charge is 0.171 e. The Morgan fingerprint density at radius 1 is 0.456 bits per heavy atom. The van der Waals surface area contributed by atoms with Gasteiger partial charge in [0.15, 0.2) is 6.17 Å². The normalized spacial score (nSPS) is 15.8. The second kappa shape index (κ2) is 13.6. The number of benzene rings is 9. The number of nitrogens with one attached hydrogen (secondary N) is 1. The first kappa shape index (κ1) is 33.4. The number of hydrogen-bond acceptors (Lipinski definition) is 2. The summed E-state index contributed by atoms with van der Waals surface area (Å²) >= 11 is 0. The number of rotatable bonds is 5. The molecule has 4 heteroatoms. The van der Waals surface area contributed by atoms with Gasteiger partial charge in [0.2, 0.25) is 0 Å². The van der Waals surface area contributed by atoms with E-state index >= 15 is 4.39 Å². The molecule has 0 fully saturated rings.